The van der Waals surface area contributed by atoms with Crippen molar-refractivity contribution in [1.82, 2.24) is 0 Å². The van der Waals surface area contributed by atoms with Crippen molar-refractivity contribution >= 4 is 41.6 Å². The Balaban J connectivity index is 1.97. The molecule has 5 nitrogen and oxygen atoms in total. The summed E-state index contributed by atoms with van der Waals surface area (Å²) in [5, 5.41) is 23.7. The van der Waals surface area contributed by atoms with Gasteiger partial charge in [-0.1, -0.05) is 29.8 Å². The lowest BCUT2D eigenvalue weighted by Crippen LogP contribution is -2.29. The molecule has 0 unspecified atom stereocenters. The van der Waals surface area contributed by atoms with E-state index in [4.69, 9.17) is 21.6 Å². The molecule has 2 aromatic rings. The van der Waals surface area contributed by atoms with Crippen LogP contribution in [-0.4, -0.2) is 23.2 Å². The number of rotatable bonds is 3. The summed E-state index contributed by atoms with van der Waals surface area (Å²) >= 11 is 5.82. The molecule has 0 aliphatic heterocycles. The first-order valence-corrected chi connectivity index (χ1v) is 6.22. The lowest BCUT2D eigenvalue weighted by Gasteiger charge is -2.08. The molecule has 0 atom stereocenters. The van der Waals surface area contributed by atoms with E-state index in [9.17, 15) is 4.79 Å². The van der Waals surface area contributed by atoms with Gasteiger partial charge in [0.2, 0.25) is 0 Å². The first kappa shape index (κ1) is 14.4. The van der Waals surface area contributed by atoms with Gasteiger partial charge >= 0.3 is 13.1 Å². The highest BCUT2D eigenvalue weighted by Gasteiger charge is 2.10. The summed E-state index contributed by atoms with van der Waals surface area (Å²) in [6, 6.07) is 12.6. The van der Waals surface area contributed by atoms with Gasteiger partial charge in [0.25, 0.3) is 0 Å². The first-order chi connectivity index (χ1) is 9.54. The van der Waals surface area contributed by atoms with Gasteiger partial charge in [0.15, 0.2) is 0 Å². The van der Waals surface area contributed by atoms with Crippen LogP contribution in [-0.2, 0) is 0 Å². The molecule has 0 heterocycles. The molecule has 2 amide bonds. The van der Waals surface area contributed by atoms with Gasteiger partial charge in [-0.2, -0.15) is 0 Å². The normalized spacial score (nSPS) is 9.95. The van der Waals surface area contributed by atoms with Gasteiger partial charge in [-0.3, -0.25) is 0 Å². The second-order valence-corrected chi connectivity index (χ2v) is 4.52. The van der Waals surface area contributed by atoms with Gasteiger partial charge in [0.05, 0.1) is 0 Å². The Morgan fingerprint density at radius 2 is 1.65 bits per heavy atom. The molecule has 0 saturated heterocycles. The molecular formula is C13H12BClN2O3. The van der Waals surface area contributed by atoms with Crippen molar-refractivity contribution in [3.63, 3.8) is 0 Å². The second-order valence-electron chi connectivity index (χ2n) is 4.09. The second kappa shape index (κ2) is 6.43. The molecule has 2 rings (SSSR count). The molecule has 0 spiro atoms. The fraction of sp³-hybridized carbons (Fsp3) is 0. The van der Waals surface area contributed by atoms with E-state index in [2.05, 4.69) is 10.6 Å². The Bertz CT molecular complexity index is 605. The van der Waals surface area contributed by atoms with Crippen molar-refractivity contribution in [1.29, 1.82) is 0 Å². The number of hydrogen-bond donors (Lipinski definition) is 4. The molecule has 4 N–H and O–H groups in total. The summed E-state index contributed by atoms with van der Waals surface area (Å²) < 4.78 is 0. The average Bonchev–Trinajstić information content (AvgIpc) is 2.39. The number of anilines is 2. The van der Waals surface area contributed by atoms with Crippen molar-refractivity contribution in [3.05, 3.63) is 53.6 Å². The maximum Gasteiger partial charge on any atom is 0.488 e. The third-order valence-corrected chi connectivity index (χ3v) is 2.78. The molecule has 7 heteroatoms. The van der Waals surface area contributed by atoms with Crippen LogP contribution in [0.25, 0.3) is 0 Å². The van der Waals surface area contributed by atoms with Crippen molar-refractivity contribution < 1.29 is 14.8 Å². The molecule has 0 saturated carbocycles. The zero-order chi connectivity index (χ0) is 14.5. The topological polar surface area (TPSA) is 81.6 Å². The van der Waals surface area contributed by atoms with Crippen LogP contribution in [0.5, 0.6) is 0 Å². The Labute approximate surface area is 121 Å². The first-order valence-electron chi connectivity index (χ1n) is 5.84. The molecule has 2 aromatic carbocycles. The third-order valence-electron chi connectivity index (χ3n) is 2.55. The molecule has 0 fully saturated rings. The van der Waals surface area contributed by atoms with E-state index in [1.54, 1.807) is 36.4 Å². The fourth-order valence-corrected chi connectivity index (χ4v) is 1.79. The molecule has 0 bridgehead atoms. The Morgan fingerprint density at radius 3 is 2.25 bits per heavy atom. The average molecular weight is 291 g/mol. The summed E-state index contributed by atoms with van der Waals surface area (Å²) in [4.78, 5) is 11.7. The van der Waals surface area contributed by atoms with E-state index < -0.39 is 13.1 Å². The highest BCUT2D eigenvalue weighted by Crippen LogP contribution is 2.15. The van der Waals surface area contributed by atoms with Gasteiger partial charge < -0.3 is 20.7 Å². The Hall–Kier alpha value is -2.02. The summed E-state index contributed by atoms with van der Waals surface area (Å²) in [6.07, 6.45) is 0. The quantitative estimate of drug-likeness (QED) is 0.649. The van der Waals surface area contributed by atoms with Gasteiger partial charge in [-0.25, -0.2) is 4.79 Å². The van der Waals surface area contributed by atoms with E-state index in [0.717, 1.165) is 0 Å². The highest BCUT2D eigenvalue weighted by molar-refractivity contribution is 6.58. The molecule has 0 radical (unpaired) electrons. The minimum Gasteiger partial charge on any atom is -0.423 e. The van der Waals surface area contributed by atoms with Gasteiger partial charge in [-0.15, -0.1) is 0 Å². The lowest BCUT2D eigenvalue weighted by atomic mass is 9.80. The van der Waals surface area contributed by atoms with Crippen LogP contribution in [0, 0.1) is 0 Å². The fourth-order valence-electron chi connectivity index (χ4n) is 1.60. The van der Waals surface area contributed by atoms with Crippen LogP contribution in [0.2, 0.25) is 5.02 Å². The number of carbonyl (C=O) groups is 1. The lowest BCUT2D eigenvalue weighted by molar-refractivity contribution is 0.262. The number of urea groups is 1. The Morgan fingerprint density at radius 1 is 1.00 bits per heavy atom. The van der Waals surface area contributed by atoms with Crippen LogP contribution in [0.4, 0.5) is 16.2 Å². The number of amides is 2. The van der Waals surface area contributed by atoms with E-state index >= 15 is 0 Å². The van der Waals surface area contributed by atoms with Crippen LogP contribution in [0.3, 0.4) is 0 Å². The van der Waals surface area contributed by atoms with E-state index in [1.165, 1.54) is 12.1 Å². The molecule has 0 aliphatic rings. The largest absolute Gasteiger partial charge is 0.488 e. The zero-order valence-electron chi connectivity index (χ0n) is 10.4. The van der Waals surface area contributed by atoms with E-state index in [1.807, 2.05) is 0 Å². The van der Waals surface area contributed by atoms with Crippen LogP contribution < -0.4 is 16.1 Å². The third kappa shape index (κ3) is 3.99. The smallest absolute Gasteiger partial charge is 0.423 e. The minimum atomic E-state index is -1.52. The van der Waals surface area contributed by atoms with Crippen molar-refractivity contribution in [3.8, 4) is 0 Å². The number of halogens is 1. The van der Waals surface area contributed by atoms with Gasteiger partial charge in [-0.05, 0) is 35.8 Å². The molecule has 0 aliphatic carbocycles. The van der Waals surface area contributed by atoms with Crippen LogP contribution in [0.1, 0.15) is 0 Å². The van der Waals surface area contributed by atoms with Gasteiger partial charge in [0.1, 0.15) is 0 Å². The van der Waals surface area contributed by atoms with Crippen molar-refractivity contribution in [2.75, 3.05) is 10.6 Å². The Kier molecular flexibility index (Phi) is 4.63. The van der Waals surface area contributed by atoms with Gasteiger partial charge in [0, 0.05) is 16.4 Å². The highest BCUT2D eigenvalue weighted by atomic mass is 35.5. The number of carbonyl (C=O) groups excluding carboxylic acids is 1. The summed E-state index contributed by atoms with van der Waals surface area (Å²) in [6.45, 7) is 0. The predicted molar refractivity (Wildman–Crippen MR) is 80.4 cm³/mol. The molecule has 20 heavy (non-hydrogen) atoms. The SMILES string of the molecule is O=C(Nc1ccc(B(O)O)cc1)Nc1cccc(Cl)c1. The minimum absolute atomic E-state index is 0.353. The zero-order valence-corrected chi connectivity index (χ0v) is 11.1. The molecule has 102 valence electrons. The maximum atomic E-state index is 11.7. The van der Waals surface area contributed by atoms with Crippen LogP contribution in [0.15, 0.2) is 48.5 Å². The standard InChI is InChI=1S/C13H12BClN2O3/c15-10-2-1-3-12(8-10)17-13(18)16-11-6-4-9(5-7-11)14(19)20/h1-8,19-20H,(H2,16,17,18). The van der Waals surface area contributed by atoms with Crippen LogP contribution >= 0.6 is 11.6 Å². The molecule has 0 aromatic heterocycles. The number of hydrogen-bond acceptors (Lipinski definition) is 3. The summed E-state index contributed by atoms with van der Waals surface area (Å²) in [7, 11) is -1.52. The maximum absolute atomic E-state index is 11.7. The monoisotopic (exact) mass is 290 g/mol. The van der Waals surface area contributed by atoms with Crippen molar-refractivity contribution in [2.45, 2.75) is 0 Å². The predicted octanol–water partition coefficient (Wildman–Crippen LogP) is 1.66. The summed E-state index contributed by atoms with van der Waals surface area (Å²) in [5.74, 6) is 0. The number of nitrogens with one attached hydrogen (secondary N) is 2. The summed E-state index contributed by atoms with van der Waals surface area (Å²) in [5.41, 5.74) is 1.47. The van der Waals surface area contributed by atoms with E-state index in [0.29, 0.717) is 21.9 Å². The van der Waals surface area contributed by atoms with Crippen molar-refractivity contribution in [2.24, 2.45) is 0 Å². The van der Waals surface area contributed by atoms with E-state index in [-0.39, 0.29) is 0 Å². The number of benzene rings is 2. The molecular weight excluding hydrogens is 278 g/mol.